The van der Waals surface area contributed by atoms with Gasteiger partial charge in [0.25, 0.3) is 0 Å². The molecule has 5 saturated carbocycles. The Hall–Kier alpha value is -0.440. The first-order valence-corrected chi connectivity index (χ1v) is 36.9. The zero-order valence-corrected chi connectivity index (χ0v) is 61.3. The summed E-state index contributed by atoms with van der Waals surface area (Å²) >= 11 is 0. The fraction of sp³-hybridized carbons (Fsp3) is 0.947. The molecule has 0 bridgehead atoms. The number of hydrogen-bond acceptors (Lipinski definition) is 4. The molecule has 0 saturated heterocycles. The molecule has 0 N–H and O–H groups in total. The molecule has 5 fully saturated rings. The molecule has 0 aliphatic heterocycles. The van der Waals surface area contributed by atoms with Crippen LogP contribution in [0.2, 0.25) is 0 Å². The van der Waals surface area contributed by atoms with E-state index < -0.39 is 0 Å². The monoisotopic (exact) mass is 1300 g/mol. The van der Waals surface area contributed by atoms with E-state index in [1.165, 1.54) is 262 Å². The Bertz CT molecular complexity index is 1800. The van der Waals surface area contributed by atoms with Crippen LogP contribution in [0.5, 0.6) is 0 Å². The first-order valence-electron chi connectivity index (χ1n) is 36.9. The average Bonchev–Trinajstić information content (AvgIpc) is 1.01. The van der Waals surface area contributed by atoms with E-state index in [0.717, 1.165) is 48.0 Å². The molecule has 0 radical (unpaired) electrons. The maximum Gasteiger partial charge on any atom is 0.362 e. The average molecular weight is 1310 g/mol. The van der Waals surface area contributed by atoms with Crippen molar-refractivity contribution in [2.75, 3.05) is 60.0 Å². The van der Waals surface area contributed by atoms with Crippen molar-refractivity contribution < 1.29 is 62.0 Å². The van der Waals surface area contributed by atoms with E-state index >= 15 is 0 Å². The normalized spacial score (nSPS) is 28.9. The lowest BCUT2D eigenvalue weighted by atomic mass is 9.32. The largest absolute Gasteiger partial charge is 1.00 e. The lowest BCUT2D eigenvalue weighted by Gasteiger charge is -2.73. The highest BCUT2D eigenvalue weighted by Crippen LogP contribution is 2.77. The summed E-state index contributed by atoms with van der Waals surface area (Å²) in [4.78, 5) is 28.9. The number of halogens is 2. The van der Waals surface area contributed by atoms with E-state index in [0.29, 0.717) is 49.3 Å². The Morgan fingerprint density at radius 2 is 0.857 bits per heavy atom. The van der Waals surface area contributed by atoms with Crippen LogP contribution in [-0.2, 0) is 19.1 Å². The number of unbranched alkanes of at least 4 members (excludes halogenated alkanes) is 28. The second kappa shape index (κ2) is 38.4. The number of hydrogen-bond donors (Lipinski definition) is 0. The van der Waals surface area contributed by atoms with Crippen molar-refractivity contribution in [1.82, 2.24) is 0 Å². The van der Waals surface area contributed by atoms with E-state index in [-0.39, 0.29) is 79.1 Å². The van der Waals surface area contributed by atoms with Crippen molar-refractivity contribution in [3.63, 3.8) is 0 Å². The van der Waals surface area contributed by atoms with Crippen molar-refractivity contribution in [1.29, 1.82) is 0 Å². The molecule has 494 valence electrons. The summed E-state index contributed by atoms with van der Waals surface area (Å²) in [6.45, 7) is 35.5. The molecule has 0 amide bonds. The van der Waals surface area contributed by atoms with Gasteiger partial charge in [-0.05, 0) is 168 Å². The molecule has 10 atom stereocenters. The Balaban J connectivity index is 0.00000924. The highest BCUT2D eigenvalue weighted by molar-refractivity contribution is 5.71. The molecule has 84 heavy (non-hydrogen) atoms. The minimum atomic E-state index is -0.0701. The lowest BCUT2D eigenvalue weighted by Crippen LogP contribution is -3.00. The summed E-state index contributed by atoms with van der Waals surface area (Å²) in [7, 11) is 4.76. The second-order valence-corrected chi connectivity index (χ2v) is 31.9. The first-order chi connectivity index (χ1) is 39.2. The molecule has 5 aliphatic rings. The molecular weight excluding hydrogens is 1160 g/mol. The highest BCUT2D eigenvalue weighted by atomic mass is 79.9. The van der Waals surface area contributed by atoms with Gasteiger partial charge in [-0.2, -0.15) is 0 Å². The van der Waals surface area contributed by atoms with Crippen molar-refractivity contribution in [3.05, 3.63) is 12.2 Å². The third kappa shape index (κ3) is 21.6. The van der Waals surface area contributed by atoms with Crippen LogP contribution in [0.25, 0.3) is 0 Å². The molecule has 6 nitrogen and oxygen atoms in total. The summed E-state index contributed by atoms with van der Waals surface area (Å²) in [5.74, 6) is 2.95. The van der Waals surface area contributed by atoms with Gasteiger partial charge in [0, 0.05) is 10.8 Å². The minimum Gasteiger partial charge on any atom is -1.00 e. The molecule has 0 aromatic heterocycles. The highest BCUT2D eigenvalue weighted by Gasteiger charge is 2.71. The van der Waals surface area contributed by atoms with Crippen molar-refractivity contribution in [2.45, 2.75) is 345 Å². The number of fused-ring (bicyclic) bond motifs is 7. The zero-order valence-electron chi connectivity index (χ0n) is 58.1. The molecule has 4 unspecified atom stereocenters. The second-order valence-electron chi connectivity index (χ2n) is 31.9. The molecule has 0 aromatic rings. The van der Waals surface area contributed by atoms with Gasteiger partial charge in [0.2, 0.25) is 0 Å². The van der Waals surface area contributed by atoms with E-state index in [9.17, 15) is 9.59 Å². The molecule has 5 aliphatic carbocycles. The topological polar surface area (TPSA) is 52.6 Å². The van der Waals surface area contributed by atoms with Gasteiger partial charge in [-0.1, -0.05) is 229 Å². The number of quaternary nitrogens is 2. The van der Waals surface area contributed by atoms with Gasteiger partial charge in [-0.3, -0.25) is 0 Å². The third-order valence-electron chi connectivity index (χ3n) is 25.2. The van der Waals surface area contributed by atoms with Gasteiger partial charge in [0.15, 0.2) is 13.1 Å². The van der Waals surface area contributed by atoms with Crippen LogP contribution in [0.15, 0.2) is 12.2 Å². The van der Waals surface area contributed by atoms with Crippen molar-refractivity contribution in [2.24, 2.45) is 56.7 Å². The number of carbonyl (C=O) groups excluding carboxylic acids is 2. The van der Waals surface area contributed by atoms with Crippen LogP contribution < -0.4 is 34.0 Å². The van der Waals surface area contributed by atoms with Crippen LogP contribution >= 0.6 is 0 Å². The van der Waals surface area contributed by atoms with Gasteiger partial charge in [0.05, 0.1) is 46.9 Å². The zero-order chi connectivity index (χ0) is 59.8. The third-order valence-corrected chi connectivity index (χ3v) is 25.2. The van der Waals surface area contributed by atoms with Gasteiger partial charge < -0.3 is 52.4 Å². The van der Waals surface area contributed by atoms with Crippen LogP contribution in [-0.4, -0.2) is 87.0 Å². The van der Waals surface area contributed by atoms with Gasteiger partial charge >= 0.3 is 11.9 Å². The summed E-state index contributed by atoms with van der Waals surface area (Å²) in [6, 6.07) is 0. The number of nitrogens with zero attached hydrogens (tertiary/aromatic N) is 2. The number of ether oxygens (including phenoxy) is 2. The maximum atomic E-state index is 14.4. The number of rotatable bonds is 44. The number of carbonyl (C=O) groups is 2. The molecule has 0 aromatic carbocycles. The molecule has 5 rings (SSSR count). The first kappa shape index (κ1) is 77.8. The predicted octanol–water partition coefficient (Wildman–Crippen LogP) is 15.6. The molecule has 0 heterocycles. The van der Waals surface area contributed by atoms with E-state index in [1.54, 1.807) is 0 Å². The predicted molar refractivity (Wildman–Crippen MR) is 352 cm³/mol. The summed E-state index contributed by atoms with van der Waals surface area (Å²) in [5.41, 5.74) is 2.02. The van der Waals surface area contributed by atoms with E-state index in [4.69, 9.17) is 16.1 Å². The Kier molecular flexibility index (Phi) is 35.6. The smallest absolute Gasteiger partial charge is 0.362 e. The van der Waals surface area contributed by atoms with Crippen LogP contribution in [0.4, 0.5) is 0 Å². The number of likely N-dealkylation sites (N-methyl/N-ethyl adjacent to an activating group) is 2. The maximum absolute atomic E-state index is 14.4. The Labute approximate surface area is 544 Å². The fourth-order valence-corrected chi connectivity index (χ4v) is 19.9. The fourth-order valence-electron chi connectivity index (χ4n) is 19.9. The summed E-state index contributed by atoms with van der Waals surface area (Å²) < 4.78 is 15.3. The van der Waals surface area contributed by atoms with Crippen LogP contribution in [0, 0.1) is 56.7 Å². The SMILES string of the molecule is C=C(C)[C@@H]1CC[C@]2(COC(=O)C[N+](C)(CCCCCCCCCC)CCCCCCCCCC)CC[C@]3(C)C(CCC4[C@@]5(C)CC[C@H](OC(=O)C[N+](C)(CCCCCCCCCC)CCCCCCCCCC)C(C)(C)C5CC[C@]43C)C12.[Br-].[Br-]. The number of allylic oxidation sites excluding steroid dienone is 1. The summed E-state index contributed by atoms with van der Waals surface area (Å²) in [6.07, 6.45) is 54.4. The van der Waals surface area contributed by atoms with Crippen LogP contribution in [0.1, 0.15) is 339 Å². The quantitative estimate of drug-likeness (QED) is 0.0264. The Morgan fingerprint density at radius 1 is 0.452 bits per heavy atom. The van der Waals surface area contributed by atoms with Crippen molar-refractivity contribution in [3.8, 4) is 0 Å². The standard InChI is InChI=1S/C76H142N2O4.2BrH/c1-14-18-22-26-30-34-38-42-56-77(12,57-43-39-35-31-27-23-19-15-2)60-69(79)81-62-76-53-48-64(63(5)6)71(76)65-46-47-67-73(9)51-50-68(72(7,8)66(73)49-52-75(67,11)74(65,10)54-55-76)82-70(80)61-78(13,58-44-40-36-32-28-24-20-16-3)59-45-41-37-33-29-25-21-17-4;;/h64-68,71H,5,14-62H2,1-4,6-13H3;2*1H/q+2;;/p-2/t64-,65?,66?,67?,68-,71?,73-,74+,75+,76+;;/m0../s1. The van der Waals surface area contributed by atoms with Crippen LogP contribution in [0.3, 0.4) is 0 Å². The van der Waals surface area contributed by atoms with Gasteiger partial charge in [-0.25, -0.2) is 9.59 Å². The van der Waals surface area contributed by atoms with Gasteiger partial charge in [0.1, 0.15) is 6.10 Å². The molecule has 8 heteroatoms. The molecular formula is C76H142Br2N2O4. The van der Waals surface area contributed by atoms with E-state index in [1.807, 2.05) is 0 Å². The lowest BCUT2D eigenvalue weighted by molar-refractivity contribution is -0.903. The minimum absolute atomic E-state index is 0. The Morgan fingerprint density at radius 3 is 1.27 bits per heavy atom. The van der Waals surface area contributed by atoms with Gasteiger partial charge in [-0.15, -0.1) is 0 Å². The summed E-state index contributed by atoms with van der Waals surface area (Å²) in [5, 5.41) is 0. The van der Waals surface area contributed by atoms with Crippen molar-refractivity contribution >= 4 is 11.9 Å². The van der Waals surface area contributed by atoms with E-state index in [2.05, 4.69) is 83.3 Å². The number of esters is 2. The molecule has 0 spiro atoms.